The number of ketones is 1. The van der Waals surface area contributed by atoms with Crippen LogP contribution in [0.5, 0.6) is 17.2 Å². The number of allylic oxidation sites excluding steroid dienone is 1. The molecule has 0 unspecified atom stereocenters. The third-order valence-electron chi connectivity index (χ3n) is 6.46. The van der Waals surface area contributed by atoms with Crippen LogP contribution in [-0.4, -0.2) is 51.9 Å². The second-order valence-corrected chi connectivity index (χ2v) is 8.68. The number of anilines is 1. The summed E-state index contributed by atoms with van der Waals surface area (Å²) in [7, 11) is 1.90. The Hall–Kier alpha value is -4.30. The third-order valence-corrected chi connectivity index (χ3v) is 6.46. The van der Waals surface area contributed by atoms with Crippen molar-refractivity contribution in [2.24, 2.45) is 7.05 Å². The summed E-state index contributed by atoms with van der Waals surface area (Å²) in [4.78, 5) is 19.8. The molecule has 2 aromatic carbocycles. The molecule has 1 saturated heterocycles. The molecule has 2 aromatic heterocycles. The highest BCUT2D eigenvalue weighted by atomic mass is 16.5. The largest absolute Gasteiger partial charge is 0.508 e. The lowest BCUT2D eigenvalue weighted by atomic mass is 10.00. The Morgan fingerprint density at radius 1 is 1.06 bits per heavy atom. The molecule has 1 fully saturated rings. The van der Waals surface area contributed by atoms with Crippen molar-refractivity contribution < 1.29 is 24.5 Å². The second-order valence-electron chi connectivity index (χ2n) is 8.68. The minimum absolute atomic E-state index is 0.0475. The number of hydrogen-bond donors (Lipinski definition) is 2. The van der Waals surface area contributed by atoms with E-state index < -0.39 is 5.78 Å². The Kier molecular flexibility index (Phi) is 4.96. The standard InChI is InChI=1S/C27H23N3O5/c1-29-15-17(12-23-26(33)25-21(32)13-19(31)14-22(25)35-23)24-20(6-7-28-27(24)29)16-2-4-18(5-3-16)30-8-10-34-11-9-30/h2-7,12-15,31-32H,8-11H2,1H3. The monoisotopic (exact) mass is 469 g/mol. The Morgan fingerprint density at radius 2 is 1.83 bits per heavy atom. The van der Waals surface area contributed by atoms with Crippen molar-refractivity contribution in [1.82, 2.24) is 9.55 Å². The van der Waals surface area contributed by atoms with E-state index in [1.54, 1.807) is 12.3 Å². The lowest BCUT2D eigenvalue weighted by molar-refractivity contribution is 0.101. The Balaban J connectivity index is 1.42. The Labute approximate surface area is 201 Å². The minimum atomic E-state index is -0.435. The number of pyridine rings is 1. The fourth-order valence-corrected chi connectivity index (χ4v) is 4.78. The smallest absolute Gasteiger partial charge is 0.235 e. The SMILES string of the molecule is Cn1cc(C=C2Oc3cc(O)cc(O)c3C2=O)c2c(-c3ccc(N4CCOCC4)cc3)ccnc21. The number of aromatic hydroxyl groups is 2. The summed E-state index contributed by atoms with van der Waals surface area (Å²) in [5.41, 5.74) is 4.76. The van der Waals surface area contributed by atoms with Crippen LogP contribution in [-0.2, 0) is 11.8 Å². The molecule has 176 valence electrons. The van der Waals surface area contributed by atoms with E-state index in [-0.39, 0.29) is 28.6 Å². The highest BCUT2D eigenvalue weighted by Crippen LogP contribution is 2.41. The summed E-state index contributed by atoms with van der Waals surface area (Å²) in [5.74, 6) is -0.710. The first-order valence-electron chi connectivity index (χ1n) is 11.4. The summed E-state index contributed by atoms with van der Waals surface area (Å²) in [6.45, 7) is 3.21. The number of Topliss-reactive ketones (excluding diaryl/α,β-unsaturated/α-hetero) is 1. The highest BCUT2D eigenvalue weighted by Gasteiger charge is 2.31. The van der Waals surface area contributed by atoms with Crippen LogP contribution in [0.1, 0.15) is 15.9 Å². The number of carbonyl (C=O) groups is 1. The molecule has 2 aliphatic heterocycles. The highest BCUT2D eigenvalue weighted by molar-refractivity contribution is 6.17. The molecule has 4 heterocycles. The van der Waals surface area contributed by atoms with Gasteiger partial charge in [0.15, 0.2) is 5.76 Å². The number of aromatic nitrogens is 2. The summed E-state index contributed by atoms with van der Waals surface area (Å²) < 4.78 is 13.1. The van der Waals surface area contributed by atoms with E-state index in [0.717, 1.165) is 65.8 Å². The van der Waals surface area contributed by atoms with E-state index in [9.17, 15) is 15.0 Å². The number of ether oxygens (including phenoxy) is 2. The van der Waals surface area contributed by atoms with Crippen molar-refractivity contribution in [2.75, 3.05) is 31.2 Å². The van der Waals surface area contributed by atoms with Crippen molar-refractivity contribution in [3.05, 3.63) is 71.7 Å². The van der Waals surface area contributed by atoms with Crippen LogP contribution in [0.25, 0.3) is 28.2 Å². The molecule has 0 amide bonds. The van der Waals surface area contributed by atoms with Gasteiger partial charge in [0.2, 0.25) is 5.78 Å². The van der Waals surface area contributed by atoms with Gasteiger partial charge in [0.25, 0.3) is 0 Å². The van der Waals surface area contributed by atoms with Crippen molar-refractivity contribution in [2.45, 2.75) is 0 Å². The average Bonchev–Trinajstić information content (AvgIpc) is 3.36. The number of fused-ring (bicyclic) bond motifs is 2. The fourth-order valence-electron chi connectivity index (χ4n) is 4.78. The molecule has 0 bridgehead atoms. The number of phenols is 2. The molecule has 4 aromatic rings. The number of morpholine rings is 1. The van der Waals surface area contributed by atoms with Crippen molar-refractivity contribution in [3.8, 4) is 28.4 Å². The molecule has 2 aliphatic rings. The Morgan fingerprint density at radius 3 is 2.60 bits per heavy atom. The molecular formula is C27H23N3O5. The lowest BCUT2D eigenvalue weighted by Gasteiger charge is -2.29. The first-order chi connectivity index (χ1) is 17.0. The number of carbonyl (C=O) groups excluding carboxylic acids is 1. The maximum atomic E-state index is 12.9. The van der Waals surface area contributed by atoms with Crippen LogP contribution in [0.4, 0.5) is 5.69 Å². The molecule has 2 N–H and O–H groups in total. The number of hydrogen-bond acceptors (Lipinski definition) is 7. The van der Waals surface area contributed by atoms with Gasteiger partial charge in [-0.2, -0.15) is 0 Å². The number of nitrogens with zero attached hydrogens (tertiary/aromatic N) is 3. The van der Waals surface area contributed by atoms with E-state index in [4.69, 9.17) is 9.47 Å². The van der Waals surface area contributed by atoms with Gasteiger partial charge in [0, 0.05) is 61.3 Å². The molecule has 0 spiro atoms. The van der Waals surface area contributed by atoms with Crippen LogP contribution >= 0.6 is 0 Å². The maximum absolute atomic E-state index is 12.9. The number of aryl methyl sites for hydroxylation is 1. The maximum Gasteiger partial charge on any atom is 0.235 e. The summed E-state index contributed by atoms with van der Waals surface area (Å²) in [6.07, 6.45) is 5.33. The average molecular weight is 469 g/mol. The van der Waals surface area contributed by atoms with Crippen molar-refractivity contribution in [3.63, 3.8) is 0 Å². The number of rotatable bonds is 3. The second kappa shape index (κ2) is 8.18. The zero-order valence-corrected chi connectivity index (χ0v) is 19.1. The van der Waals surface area contributed by atoms with Gasteiger partial charge in [-0.3, -0.25) is 4.79 Å². The zero-order chi connectivity index (χ0) is 24.1. The molecule has 0 saturated carbocycles. The van der Waals surface area contributed by atoms with Gasteiger partial charge < -0.3 is 29.2 Å². The van der Waals surface area contributed by atoms with E-state index in [2.05, 4.69) is 34.1 Å². The van der Waals surface area contributed by atoms with Gasteiger partial charge >= 0.3 is 0 Å². The minimum Gasteiger partial charge on any atom is -0.508 e. The predicted octanol–water partition coefficient (Wildman–Crippen LogP) is 4.10. The third kappa shape index (κ3) is 3.59. The van der Waals surface area contributed by atoms with Crippen LogP contribution in [0.2, 0.25) is 0 Å². The molecule has 0 aliphatic carbocycles. The van der Waals surface area contributed by atoms with Gasteiger partial charge in [-0.15, -0.1) is 0 Å². The molecule has 0 atom stereocenters. The van der Waals surface area contributed by atoms with Gasteiger partial charge in [-0.05, 0) is 35.4 Å². The van der Waals surface area contributed by atoms with Crippen molar-refractivity contribution >= 4 is 28.6 Å². The fraction of sp³-hybridized carbons (Fsp3) is 0.185. The van der Waals surface area contributed by atoms with Crippen LogP contribution in [0.3, 0.4) is 0 Å². The molecule has 35 heavy (non-hydrogen) atoms. The van der Waals surface area contributed by atoms with E-state index in [1.807, 2.05) is 23.9 Å². The van der Waals surface area contributed by atoms with Crippen LogP contribution in [0, 0.1) is 0 Å². The predicted molar refractivity (Wildman–Crippen MR) is 132 cm³/mol. The number of benzene rings is 2. The lowest BCUT2D eigenvalue weighted by Crippen LogP contribution is -2.36. The van der Waals surface area contributed by atoms with Gasteiger partial charge in [0.1, 0.15) is 28.5 Å². The van der Waals surface area contributed by atoms with Gasteiger partial charge in [0.05, 0.1) is 13.2 Å². The van der Waals surface area contributed by atoms with Crippen molar-refractivity contribution in [1.29, 1.82) is 0 Å². The van der Waals surface area contributed by atoms with E-state index in [1.165, 1.54) is 6.07 Å². The molecule has 6 rings (SSSR count). The molecule has 8 nitrogen and oxygen atoms in total. The van der Waals surface area contributed by atoms with E-state index in [0.29, 0.717) is 0 Å². The topological polar surface area (TPSA) is 97.0 Å². The summed E-state index contributed by atoms with van der Waals surface area (Å²) in [5, 5.41) is 20.8. The Bertz CT molecular complexity index is 1500. The van der Waals surface area contributed by atoms with E-state index >= 15 is 0 Å². The number of phenolic OH excluding ortho intramolecular Hbond substituents is 2. The normalized spacial score (nSPS) is 16.7. The zero-order valence-electron chi connectivity index (χ0n) is 19.1. The van der Waals surface area contributed by atoms with Gasteiger partial charge in [-0.1, -0.05) is 12.1 Å². The van der Waals surface area contributed by atoms with Gasteiger partial charge in [-0.25, -0.2) is 4.98 Å². The summed E-state index contributed by atoms with van der Waals surface area (Å²) in [6, 6.07) is 12.8. The molecule has 0 radical (unpaired) electrons. The quantitative estimate of drug-likeness (QED) is 0.436. The van der Waals surface area contributed by atoms with Crippen LogP contribution in [0.15, 0.2) is 60.6 Å². The molecule has 8 heteroatoms. The molecular weight excluding hydrogens is 446 g/mol. The first-order valence-corrected chi connectivity index (χ1v) is 11.4. The van der Waals surface area contributed by atoms with Crippen LogP contribution < -0.4 is 9.64 Å². The first kappa shape index (κ1) is 21.2. The summed E-state index contributed by atoms with van der Waals surface area (Å²) >= 11 is 0.